The van der Waals surface area contributed by atoms with Crippen LogP contribution in [0.15, 0.2) is 67.0 Å². The van der Waals surface area contributed by atoms with Crippen molar-refractivity contribution in [3.05, 3.63) is 94.8 Å². The average molecular weight is 493 g/mol. The van der Waals surface area contributed by atoms with Crippen molar-refractivity contribution in [2.45, 2.75) is 39.0 Å². The number of halogens is 2. The van der Waals surface area contributed by atoms with Gasteiger partial charge in [-0.1, -0.05) is 43.7 Å². The number of benzene rings is 2. The Labute approximate surface area is 206 Å². The highest BCUT2D eigenvalue weighted by Crippen LogP contribution is 2.36. The van der Waals surface area contributed by atoms with Gasteiger partial charge >= 0.3 is 5.97 Å². The monoisotopic (exact) mass is 492 g/mol. The molecular formula is C25H30Cl2N2O4. The summed E-state index contributed by atoms with van der Waals surface area (Å²) in [4.78, 5) is 16.7. The molecule has 2 heterocycles. The topological polar surface area (TPSA) is 92.0 Å². The van der Waals surface area contributed by atoms with Crippen LogP contribution in [0.4, 0.5) is 0 Å². The van der Waals surface area contributed by atoms with E-state index in [0.29, 0.717) is 25.3 Å². The molecule has 3 N–H and O–H groups in total. The number of esters is 1. The number of hydrogen-bond donors (Lipinski definition) is 1. The molecule has 4 rings (SSSR count). The molecule has 1 unspecified atom stereocenters. The summed E-state index contributed by atoms with van der Waals surface area (Å²) >= 11 is 0. The predicted octanol–water partition coefficient (Wildman–Crippen LogP) is 4.83. The van der Waals surface area contributed by atoms with E-state index >= 15 is 0 Å². The second kappa shape index (κ2) is 13.8. The van der Waals surface area contributed by atoms with Gasteiger partial charge in [-0.15, -0.1) is 24.8 Å². The summed E-state index contributed by atoms with van der Waals surface area (Å²) in [5.74, 6) is 0.481. The molecule has 0 amide bonds. The van der Waals surface area contributed by atoms with Crippen molar-refractivity contribution < 1.29 is 19.7 Å². The van der Waals surface area contributed by atoms with Crippen LogP contribution in [0.3, 0.4) is 0 Å². The van der Waals surface area contributed by atoms with Crippen LogP contribution in [-0.2, 0) is 17.9 Å². The number of hydrogen-bond acceptors (Lipinski definition) is 5. The van der Waals surface area contributed by atoms with Crippen molar-refractivity contribution in [2.75, 3.05) is 6.61 Å². The quantitative estimate of drug-likeness (QED) is 0.376. The molecular weight excluding hydrogens is 463 g/mol. The van der Waals surface area contributed by atoms with Crippen molar-refractivity contribution in [3.8, 4) is 5.75 Å². The Kier molecular flexibility index (Phi) is 11.9. The molecule has 1 aliphatic rings. The number of nitrogens with zero attached hydrogens (tertiary/aromatic N) is 1. The molecule has 6 nitrogen and oxygen atoms in total. The van der Waals surface area contributed by atoms with Gasteiger partial charge in [-0.05, 0) is 47.4 Å². The third-order valence-corrected chi connectivity index (χ3v) is 5.27. The minimum absolute atomic E-state index is 0. The summed E-state index contributed by atoms with van der Waals surface area (Å²) in [5, 5.41) is 3.64. The lowest BCUT2D eigenvalue weighted by Crippen LogP contribution is -2.23. The molecule has 3 aromatic rings. The molecule has 2 aromatic carbocycles. The summed E-state index contributed by atoms with van der Waals surface area (Å²) in [7, 11) is 0. The van der Waals surface area contributed by atoms with Gasteiger partial charge in [-0.25, -0.2) is 4.79 Å². The van der Waals surface area contributed by atoms with E-state index in [1.165, 1.54) is 0 Å². The van der Waals surface area contributed by atoms with Gasteiger partial charge in [-0.2, -0.15) is 0 Å². The van der Waals surface area contributed by atoms with Gasteiger partial charge in [0.2, 0.25) is 0 Å². The maximum Gasteiger partial charge on any atom is 0.338 e. The van der Waals surface area contributed by atoms with Crippen LogP contribution in [0.25, 0.3) is 0 Å². The molecule has 0 bridgehead atoms. The van der Waals surface area contributed by atoms with Crippen molar-refractivity contribution in [2.24, 2.45) is 0 Å². The number of carbonyl (C=O) groups excluding carboxylic acids is 1. The molecule has 0 saturated carbocycles. The Balaban J connectivity index is 0.00000181. The molecule has 0 spiro atoms. The summed E-state index contributed by atoms with van der Waals surface area (Å²) in [6, 6.07) is 17.7. The first-order chi connectivity index (χ1) is 14.8. The molecule has 0 aliphatic carbocycles. The molecule has 0 fully saturated rings. The first-order valence-electron chi connectivity index (χ1n) is 10.4. The van der Waals surface area contributed by atoms with Crippen LogP contribution >= 0.6 is 24.8 Å². The number of fused-ring (bicyclic) bond motifs is 2. The number of nitrogens with one attached hydrogen (secondary N) is 1. The minimum Gasteiger partial charge on any atom is -0.489 e. The van der Waals surface area contributed by atoms with Gasteiger partial charge in [0, 0.05) is 24.5 Å². The number of pyridine rings is 1. The van der Waals surface area contributed by atoms with Crippen molar-refractivity contribution >= 4 is 30.8 Å². The lowest BCUT2D eigenvalue weighted by Gasteiger charge is -2.21. The maximum absolute atomic E-state index is 12.5. The van der Waals surface area contributed by atoms with E-state index in [9.17, 15) is 4.79 Å². The van der Waals surface area contributed by atoms with E-state index in [1.807, 2.05) is 42.6 Å². The standard InChI is InChI=1S/C25H26N2O3.2ClH.H2O/c1-2-3-13-29-25(28)19-10-11-23-22(14-19)24(27-16-18-7-6-12-26-15-18)21-9-5-4-8-20(21)17-30-23;;;/h4-12,14-15,24,27H,2-3,13,16-17H2,1H3;2*1H;1H2. The Bertz CT molecular complexity index is 1020. The van der Waals surface area contributed by atoms with E-state index < -0.39 is 0 Å². The molecule has 1 aromatic heterocycles. The van der Waals surface area contributed by atoms with Crippen LogP contribution in [0, 0.1) is 0 Å². The number of rotatable bonds is 7. The zero-order chi connectivity index (χ0) is 20.8. The van der Waals surface area contributed by atoms with Gasteiger partial charge in [0.1, 0.15) is 12.4 Å². The summed E-state index contributed by atoms with van der Waals surface area (Å²) in [6.45, 7) is 3.66. The molecule has 178 valence electrons. The minimum atomic E-state index is -0.296. The van der Waals surface area contributed by atoms with Crippen molar-refractivity contribution in [1.29, 1.82) is 0 Å². The molecule has 0 saturated heterocycles. The largest absolute Gasteiger partial charge is 0.489 e. The van der Waals surface area contributed by atoms with Gasteiger partial charge in [0.15, 0.2) is 0 Å². The Morgan fingerprint density at radius 2 is 1.94 bits per heavy atom. The molecule has 1 aliphatic heterocycles. The van der Waals surface area contributed by atoms with Crippen LogP contribution < -0.4 is 10.1 Å². The average Bonchev–Trinajstić information content (AvgIpc) is 2.95. The van der Waals surface area contributed by atoms with Crippen LogP contribution in [-0.4, -0.2) is 23.0 Å². The fourth-order valence-electron chi connectivity index (χ4n) is 3.64. The van der Waals surface area contributed by atoms with Gasteiger partial charge in [0.05, 0.1) is 18.2 Å². The van der Waals surface area contributed by atoms with Crippen LogP contribution in [0.2, 0.25) is 0 Å². The normalized spacial score (nSPS) is 13.4. The number of unbranched alkanes of at least 4 members (excludes halogenated alkanes) is 1. The van der Waals surface area contributed by atoms with E-state index in [1.54, 1.807) is 12.3 Å². The lowest BCUT2D eigenvalue weighted by atomic mass is 9.93. The third kappa shape index (κ3) is 6.92. The first kappa shape index (κ1) is 28.4. The highest BCUT2D eigenvalue weighted by molar-refractivity contribution is 5.90. The zero-order valence-electron chi connectivity index (χ0n) is 18.5. The first-order valence-corrected chi connectivity index (χ1v) is 10.4. The van der Waals surface area contributed by atoms with E-state index in [4.69, 9.17) is 9.47 Å². The molecule has 33 heavy (non-hydrogen) atoms. The highest BCUT2D eigenvalue weighted by Gasteiger charge is 2.25. The van der Waals surface area contributed by atoms with E-state index in [0.717, 1.165) is 40.8 Å². The second-order valence-corrected chi connectivity index (χ2v) is 7.40. The Morgan fingerprint density at radius 1 is 1.12 bits per heavy atom. The van der Waals surface area contributed by atoms with E-state index in [-0.39, 0.29) is 42.3 Å². The van der Waals surface area contributed by atoms with Crippen molar-refractivity contribution in [1.82, 2.24) is 10.3 Å². The zero-order valence-corrected chi connectivity index (χ0v) is 20.1. The third-order valence-electron chi connectivity index (χ3n) is 5.27. The smallest absolute Gasteiger partial charge is 0.338 e. The van der Waals surface area contributed by atoms with Crippen molar-refractivity contribution in [3.63, 3.8) is 0 Å². The molecule has 8 heteroatoms. The fourth-order valence-corrected chi connectivity index (χ4v) is 3.64. The highest BCUT2D eigenvalue weighted by atomic mass is 35.5. The van der Waals surface area contributed by atoms with Crippen LogP contribution in [0.1, 0.15) is 58.4 Å². The van der Waals surface area contributed by atoms with Gasteiger partial charge in [0.25, 0.3) is 0 Å². The number of carbonyl (C=O) groups is 1. The molecule has 1 atom stereocenters. The Morgan fingerprint density at radius 3 is 2.70 bits per heavy atom. The summed E-state index contributed by atoms with van der Waals surface area (Å²) in [5.41, 5.74) is 4.85. The van der Waals surface area contributed by atoms with Gasteiger partial charge < -0.3 is 20.3 Å². The van der Waals surface area contributed by atoms with Gasteiger partial charge in [-0.3, -0.25) is 4.98 Å². The lowest BCUT2D eigenvalue weighted by molar-refractivity contribution is 0.0499. The summed E-state index contributed by atoms with van der Waals surface area (Å²) in [6.07, 6.45) is 5.48. The second-order valence-electron chi connectivity index (χ2n) is 7.40. The SMILES string of the molecule is CCCCOC(=O)c1ccc2c(c1)C(NCc1cccnc1)c1ccccc1CO2.Cl.Cl.O. The predicted molar refractivity (Wildman–Crippen MR) is 133 cm³/mol. The summed E-state index contributed by atoms with van der Waals surface area (Å²) < 4.78 is 11.5. The number of aromatic nitrogens is 1. The van der Waals surface area contributed by atoms with E-state index in [2.05, 4.69) is 29.4 Å². The molecule has 0 radical (unpaired) electrons. The van der Waals surface area contributed by atoms with Crippen LogP contribution in [0.5, 0.6) is 5.75 Å². The fraction of sp³-hybridized carbons (Fsp3) is 0.280. The Hall–Kier alpha value is -2.64. The number of ether oxygens (including phenoxy) is 2. The maximum atomic E-state index is 12.5.